The van der Waals surface area contributed by atoms with Crippen molar-refractivity contribution < 1.29 is 0 Å². The van der Waals surface area contributed by atoms with E-state index in [0.29, 0.717) is 0 Å². The van der Waals surface area contributed by atoms with Gasteiger partial charge >= 0.3 is 0 Å². The largest absolute Gasteiger partial charge is 0.369 e. The summed E-state index contributed by atoms with van der Waals surface area (Å²) in [6.45, 7) is 18.9. The van der Waals surface area contributed by atoms with E-state index in [1.807, 2.05) is 39.1 Å². The molecule has 28 heavy (non-hydrogen) atoms. The molecule has 2 aromatic rings. The van der Waals surface area contributed by atoms with E-state index < -0.39 is 0 Å². The second-order valence-electron chi connectivity index (χ2n) is 6.57. The summed E-state index contributed by atoms with van der Waals surface area (Å²) in [5.41, 5.74) is 3.78. The lowest BCUT2D eigenvalue weighted by Crippen LogP contribution is -2.48. The average Bonchev–Trinajstić information content (AvgIpc) is 2.75. The van der Waals surface area contributed by atoms with Gasteiger partial charge in [-0.05, 0) is 38.1 Å². The molecule has 1 aliphatic heterocycles. The number of hydrogen-bond acceptors (Lipinski definition) is 4. The smallest absolute Gasteiger partial charge is 0.0541 e. The zero-order valence-corrected chi connectivity index (χ0v) is 18.2. The Labute approximate surface area is 172 Å². The summed E-state index contributed by atoms with van der Waals surface area (Å²) in [6, 6.07) is 14.9. The minimum atomic E-state index is 0.851. The zero-order valence-electron chi connectivity index (χ0n) is 18.2. The van der Waals surface area contributed by atoms with E-state index >= 15 is 0 Å². The highest BCUT2D eigenvalue weighted by Gasteiger charge is 2.16. The highest BCUT2D eigenvalue weighted by Crippen LogP contribution is 2.16. The molecule has 4 nitrogen and oxygen atoms in total. The monoisotopic (exact) mass is 382 g/mol. The van der Waals surface area contributed by atoms with Crippen LogP contribution in [0.2, 0.25) is 0 Å². The first-order valence-electron chi connectivity index (χ1n) is 10.4. The van der Waals surface area contributed by atoms with Gasteiger partial charge in [0.15, 0.2) is 0 Å². The maximum atomic E-state index is 4.33. The molecule has 1 aromatic heterocycles. The predicted molar refractivity (Wildman–Crippen MR) is 123 cm³/mol. The van der Waals surface area contributed by atoms with Gasteiger partial charge in [-0.1, -0.05) is 43.7 Å². The van der Waals surface area contributed by atoms with Crippen molar-refractivity contribution in [3.05, 3.63) is 72.6 Å². The van der Waals surface area contributed by atoms with Crippen molar-refractivity contribution in [1.82, 2.24) is 15.2 Å². The summed E-state index contributed by atoms with van der Waals surface area (Å²) in [5, 5.41) is 3.48. The number of nitrogens with zero attached hydrogens (tertiary/aromatic N) is 3. The average molecular weight is 383 g/mol. The fourth-order valence-corrected chi connectivity index (χ4v) is 2.94. The van der Waals surface area contributed by atoms with E-state index in [-0.39, 0.29) is 0 Å². The maximum Gasteiger partial charge on any atom is 0.0541 e. The fourth-order valence-electron chi connectivity index (χ4n) is 2.94. The molecule has 1 aromatic carbocycles. The van der Waals surface area contributed by atoms with Gasteiger partial charge in [0.25, 0.3) is 0 Å². The number of pyridine rings is 1. The van der Waals surface area contributed by atoms with Gasteiger partial charge in [-0.25, -0.2) is 0 Å². The van der Waals surface area contributed by atoms with Crippen molar-refractivity contribution in [2.45, 2.75) is 34.2 Å². The van der Waals surface area contributed by atoms with E-state index in [9.17, 15) is 0 Å². The van der Waals surface area contributed by atoms with Crippen LogP contribution in [0.5, 0.6) is 0 Å². The molecule has 154 valence electrons. The molecular formula is C24H38N4. The van der Waals surface area contributed by atoms with Crippen LogP contribution in [0.15, 0.2) is 61.3 Å². The van der Waals surface area contributed by atoms with Gasteiger partial charge in [0.05, 0.1) is 5.69 Å². The first-order valence-corrected chi connectivity index (χ1v) is 10.4. The van der Waals surface area contributed by atoms with Crippen molar-refractivity contribution in [1.29, 1.82) is 0 Å². The Morgan fingerprint density at radius 1 is 1.04 bits per heavy atom. The molecule has 2 heterocycles. The number of hydrogen-bond donors (Lipinski definition) is 1. The van der Waals surface area contributed by atoms with Crippen molar-refractivity contribution in [3.63, 3.8) is 0 Å². The summed E-state index contributed by atoms with van der Waals surface area (Å²) in [5.74, 6) is 0. The van der Waals surface area contributed by atoms with Crippen LogP contribution in [0, 0.1) is 6.92 Å². The quantitative estimate of drug-likeness (QED) is 0.588. The number of aryl methyl sites for hydroxylation is 1. The SMILES string of the molecule is C=CC.CC.Cc1ccc(N2CCN(CCNCc3ccccn3)CC2)cc1. The van der Waals surface area contributed by atoms with E-state index in [4.69, 9.17) is 0 Å². The van der Waals surface area contributed by atoms with Crippen LogP contribution in [0.25, 0.3) is 0 Å². The molecule has 0 amide bonds. The number of nitrogens with one attached hydrogen (secondary N) is 1. The standard InChI is InChI=1S/C19H26N4.C3H6.C2H6/c1-17-5-7-19(8-6-17)23-14-12-22(13-15-23)11-10-20-16-18-4-2-3-9-21-18;1-3-2;1-2/h2-9,20H,10-16H2,1H3;3H,1H2,2H3;1-2H3. The molecule has 1 N–H and O–H groups in total. The lowest BCUT2D eigenvalue weighted by atomic mass is 10.2. The molecule has 0 unspecified atom stereocenters. The van der Waals surface area contributed by atoms with E-state index in [2.05, 4.69) is 63.9 Å². The Hall–Kier alpha value is -2.17. The molecule has 1 fully saturated rings. The summed E-state index contributed by atoms with van der Waals surface area (Å²) >= 11 is 0. The maximum absolute atomic E-state index is 4.33. The van der Waals surface area contributed by atoms with Crippen molar-refractivity contribution in [2.24, 2.45) is 0 Å². The fraction of sp³-hybridized carbons (Fsp3) is 0.458. The lowest BCUT2D eigenvalue weighted by Gasteiger charge is -2.36. The first kappa shape index (κ1) is 23.9. The Balaban J connectivity index is 0.000000717. The Bertz CT molecular complexity index is 617. The normalized spacial score (nSPS) is 13.6. The second-order valence-corrected chi connectivity index (χ2v) is 6.57. The number of benzene rings is 1. The van der Waals surface area contributed by atoms with Crippen LogP contribution in [0.1, 0.15) is 32.0 Å². The molecule has 0 aliphatic carbocycles. The number of allylic oxidation sites excluding steroid dienone is 1. The Morgan fingerprint density at radius 2 is 1.68 bits per heavy atom. The number of aromatic nitrogens is 1. The summed E-state index contributed by atoms with van der Waals surface area (Å²) < 4.78 is 0. The van der Waals surface area contributed by atoms with Gasteiger partial charge in [-0.2, -0.15) is 0 Å². The summed E-state index contributed by atoms with van der Waals surface area (Å²) in [7, 11) is 0. The second kappa shape index (κ2) is 14.8. The van der Waals surface area contributed by atoms with Gasteiger partial charge < -0.3 is 10.2 Å². The van der Waals surface area contributed by atoms with Crippen molar-refractivity contribution >= 4 is 5.69 Å². The van der Waals surface area contributed by atoms with E-state index in [1.165, 1.54) is 11.3 Å². The Kier molecular flexibility index (Phi) is 12.6. The van der Waals surface area contributed by atoms with Crippen LogP contribution < -0.4 is 10.2 Å². The molecule has 4 heteroatoms. The van der Waals surface area contributed by atoms with Crippen LogP contribution in [-0.4, -0.2) is 49.2 Å². The van der Waals surface area contributed by atoms with Gasteiger partial charge in [0.2, 0.25) is 0 Å². The van der Waals surface area contributed by atoms with Gasteiger partial charge in [0.1, 0.15) is 0 Å². The molecular weight excluding hydrogens is 344 g/mol. The number of piperazine rings is 1. The van der Waals surface area contributed by atoms with E-state index in [0.717, 1.165) is 51.5 Å². The minimum Gasteiger partial charge on any atom is -0.369 e. The zero-order chi connectivity index (χ0) is 20.6. The van der Waals surface area contributed by atoms with Crippen LogP contribution in [-0.2, 0) is 6.54 Å². The first-order chi connectivity index (χ1) is 13.7. The molecule has 1 saturated heterocycles. The summed E-state index contributed by atoms with van der Waals surface area (Å²) in [4.78, 5) is 9.35. The van der Waals surface area contributed by atoms with Gasteiger partial charge in [0, 0.05) is 57.7 Å². The summed E-state index contributed by atoms with van der Waals surface area (Å²) in [6.07, 6.45) is 3.60. The molecule has 0 bridgehead atoms. The molecule has 0 radical (unpaired) electrons. The van der Waals surface area contributed by atoms with Crippen molar-refractivity contribution in [3.8, 4) is 0 Å². The Morgan fingerprint density at radius 3 is 2.25 bits per heavy atom. The molecule has 0 saturated carbocycles. The molecule has 0 spiro atoms. The van der Waals surface area contributed by atoms with Crippen LogP contribution in [0.4, 0.5) is 5.69 Å². The molecule has 1 aliphatic rings. The van der Waals surface area contributed by atoms with E-state index in [1.54, 1.807) is 6.08 Å². The van der Waals surface area contributed by atoms with Gasteiger partial charge in [-0.15, -0.1) is 6.58 Å². The van der Waals surface area contributed by atoms with Crippen LogP contribution in [0.3, 0.4) is 0 Å². The predicted octanol–water partition coefficient (Wildman–Crippen LogP) is 4.52. The van der Waals surface area contributed by atoms with Crippen LogP contribution >= 0.6 is 0 Å². The topological polar surface area (TPSA) is 31.4 Å². The van der Waals surface area contributed by atoms with Gasteiger partial charge in [-0.3, -0.25) is 9.88 Å². The van der Waals surface area contributed by atoms with Crippen molar-refractivity contribution in [2.75, 3.05) is 44.2 Å². The highest BCUT2D eigenvalue weighted by atomic mass is 15.3. The third kappa shape index (κ3) is 9.16. The highest BCUT2D eigenvalue weighted by molar-refractivity contribution is 5.47. The third-order valence-corrected chi connectivity index (χ3v) is 4.41. The molecule has 3 rings (SSSR count). The number of anilines is 1. The lowest BCUT2D eigenvalue weighted by molar-refractivity contribution is 0.257. The third-order valence-electron chi connectivity index (χ3n) is 4.41. The molecule has 0 atom stereocenters. The minimum absolute atomic E-state index is 0.851. The number of rotatable bonds is 6.